The summed E-state index contributed by atoms with van der Waals surface area (Å²) in [4.78, 5) is 25.6. The van der Waals surface area contributed by atoms with Crippen LogP contribution in [0.2, 0.25) is 0 Å². The molecule has 1 aromatic carbocycles. The zero-order chi connectivity index (χ0) is 18.6. The molecule has 4 heteroatoms. The van der Waals surface area contributed by atoms with Gasteiger partial charge in [0.25, 0.3) is 5.91 Å². The number of nitrogens with one attached hydrogen (secondary N) is 1. The van der Waals surface area contributed by atoms with Crippen LogP contribution in [-0.2, 0) is 6.42 Å². The van der Waals surface area contributed by atoms with Gasteiger partial charge in [0.1, 0.15) is 17.1 Å². The first-order chi connectivity index (χ1) is 11.9. The van der Waals surface area contributed by atoms with Crippen LogP contribution < -0.4 is 10.7 Å². The maximum absolute atomic E-state index is 12.8. The molecule has 0 unspecified atom stereocenters. The van der Waals surface area contributed by atoms with Crippen LogP contribution in [0.25, 0.3) is 5.70 Å². The fourth-order valence-corrected chi connectivity index (χ4v) is 2.72. The van der Waals surface area contributed by atoms with E-state index in [0.29, 0.717) is 29.2 Å². The molecule has 0 aliphatic carbocycles. The molecule has 1 heterocycles. The van der Waals surface area contributed by atoms with Crippen LogP contribution in [0.5, 0.6) is 0 Å². The summed E-state index contributed by atoms with van der Waals surface area (Å²) in [5.41, 5.74) is 2.72. The molecule has 0 fully saturated rings. The molecular formula is C21H23NO3. The van der Waals surface area contributed by atoms with E-state index in [9.17, 15) is 9.59 Å². The molecule has 130 valence electrons. The molecular weight excluding hydrogens is 314 g/mol. The van der Waals surface area contributed by atoms with Crippen LogP contribution >= 0.6 is 0 Å². The van der Waals surface area contributed by atoms with Crippen molar-refractivity contribution in [3.05, 3.63) is 87.0 Å². The second-order valence-electron chi connectivity index (χ2n) is 6.09. The van der Waals surface area contributed by atoms with Crippen molar-refractivity contribution in [1.29, 1.82) is 0 Å². The summed E-state index contributed by atoms with van der Waals surface area (Å²) >= 11 is 0. The first-order valence-electron chi connectivity index (χ1n) is 8.15. The van der Waals surface area contributed by atoms with E-state index in [1.54, 1.807) is 19.9 Å². The maximum Gasteiger partial charge on any atom is 0.263 e. The maximum atomic E-state index is 12.8. The van der Waals surface area contributed by atoms with Crippen LogP contribution in [0, 0.1) is 13.8 Å². The van der Waals surface area contributed by atoms with E-state index in [-0.39, 0.29) is 11.0 Å². The molecule has 0 aliphatic rings. The smallest absolute Gasteiger partial charge is 0.263 e. The van der Waals surface area contributed by atoms with Gasteiger partial charge in [0.15, 0.2) is 0 Å². The number of rotatable bonds is 5. The summed E-state index contributed by atoms with van der Waals surface area (Å²) in [5.74, 6) is 0.370. The summed E-state index contributed by atoms with van der Waals surface area (Å²) in [7, 11) is 0. The SMILES string of the molecule is C=CCc1c(C)oc(C)c(C(=O)NC(=C(C)C)c2ccccc2)c1=O. The third kappa shape index (κ3) is 3.97. The van der Waals surface area contributed by atoms with Crippen LogP contribution in [0.15, 0.2) is 57.8 Å². The Hall–Kier alpha value is -2.88. The Morgan fingerprint density at radius 2 is 1.80 bits per heavy atom. The number of hydrogen-bond acceptors (Lipinski definition) is 3. The van der Waals surface area contributed by atoms with Gasteiger partial charge in [-0.25, -0.2) is 0 Å². The van der Waals surface area contributed by atoms with Crippen molar-refractivity contribution in [2.45, 2.75) is 34.1 Å². The van der Waals surface area contributed by atoms with Gasteiger partial charge in [-0.15, -0.1) is 6.58 Å². The van der Waals surface area contributed by atoms with E-state index < -0.39 is 5.91 Å². The van der Waals surface area contributed by atoms with Gasteiger partial charge in [-0.2, -0.15) is 0 Å². The minimum Gasteiger partial charge on any atom is -0.465 e. The molecule has 0 saturated carbocycles. The highest BCUT2D eigenvalue weighted by atomic mass is 16.3. The van der Waals surface area contributed by atoms with Gasteiger partial charge in [0, 0.05) is 11.3 Å². The van der Waals surface area contributed by atoms with Crippen molar-refractivity contribution >= 4 is 11.6 Å². The van der Waals surface area contributed by atoms with Gasteiger partial charge < -0.3 is 9.73 Å². The standard InChI is InChI=1S/C21H23NO3/c1-6-10-17-14(4)25-15(5)18(20(17)23)21(24)22-19(13(2)3)16-11-8-7-9-12-16/h6-9,11-12H,1,10H2,2-5H3,(H,22,24). The van der Waals surface area contributed by atoms with Crippen molar-refractivity contribution in [2.24, 2.45) is 0 Å². The Kier molecular flexibility index (Phi) is 5.75. The van der Waals surface area contributed by atoms with Crippen molar-refractivity contribution in [3.8, 4) is 0 Å². The number of aryl methyl sites for hydroxylation is 2. The third-order valence-corrected chi connectivity index (χ3v) is 3.96. The second kappa shape index (κ2) is 7.79. The third-order valence-electron chi connectivity index (χ3n) is 3.96. The van der Waals surface area contributed by atoms with Crippen LogP contribution in [0.3, 0.4) is 0 Å². The van der Waals surface area contributed by atoms with Crippen LogP contribution in [0.4, 0.5) is 0 Å². The lowest BCUT2D eigenvalue weighted by Crippen LogP contribution is -2.31. The number of amides is 1. The predicted molar refractivity (Wildman–Crippen MR) is 101 cm³/mol. The molecule has 0 bridgehead atoms. The average Bonchev–Trinajstić information content (AvgIpc) is 2.56. The monoisotopic (exact) mass is 337 g/mol. The van der Waals surface area contributed by atoms with Crippen molar-refractivity contribution in [2.75, 3.05) is 0 Å². The van der Waals surface area contributed by atoms with E-state index in [4.69, 9.17) is 4.42 Å². The molecule has 25 heavy (non-hydrogen) atoms. The van der Waals surface area contributed by atoms with Gasteiger partial charge in [-0.05, 0) is 39.7 Å². The number of carbonyl (C=O) groups is 1. The lowest BCUT2D eigenvalue weighted by molar-refractivity contribution is 0.0968. The second-order valence-corrected chi connectivity index (χ2v) is 6.09. The van der Waals surface area contributed by atoms with E-state index in [1.807, 2.05) is 44.2 Å². The molecule has 1 N–H and O–H groups in total. The lowest BCUT2D eigenvalue weighted by Gasteiger charge is -2.14. The molecule has 0 radical (unpaired) electrons. The number of allylic oxidation sites excluding steroid dienone is 2. The Morgan fingerprint density at radius 1 is 1.16 bits per heavy atom. The van der Waals surface area contributed by atoms with Gasteiger partial charge in [-0.1, -0.05) is 42.0 Å². The van der Waals surface area contributed by atoms with Gasteiger partial charge >= 0.3 is 0 Å². The highest BCUT2D eigenvalue weighted by Crippen LogP contribution is 2.17. The molecule has 2 aromatic rings. The molecule has 4 nitrogen and oxygen atoms in total. The minimum atomic E-state index is -0.461. The van der Waals surface area contributed by atoms with E-state index in [1.165, 1.54) is 0 Å². The minimum absolute atomic E-state index is 0.0390. The van der Waals surface area contributed by atoms with E-state index >= 15 is 0 Å². The quantitative estimate of drug-likeness (QED) is 0.833. The Balaban J connectivity index is 2.48. The van der Waals surface area contributed by atoms with Crippen molar-refractivity contribution in [1.82, 2.24) is 5.32 Å². The van der Waals surface area contributed by atoms with Gasteiger partial charge in [-0.3, -0.25) is 9.59 Å². The largest absolute Gasteiger partial charge is 0.465 e. The molecule has 1 amide bonds. The molecule has 0 atom stereocenters. The summed E-state index contributed by atoms with van der Waals surface area (Å²) in [6.07, 6.45) is 1.99. The zero-order valence-corrected chi connectivity index (χ0v) is 15.1. The lowest BCUT2D eigenvalue weighted by atomic mass is 10.0. The zero-order valence-electron chi connectivity index (χ0n) is 15.1. The molecule has 1 aromatic heterocycles. The summed E-state index contributed by atoms with van der Waals surface area (Å²) < 4.78 is 5.62. The van der Waals surface area contributed by atoms with E-state index in [0.717, 1.165) is 11.1 Å². The first kappa shape index (κ1) is 18.5. The summed E-state index contributed by atoms with van der Waals surface area (Å²) in [6, 6.07) is 9.54. The van der Waals surface area contributed by atoms with Gasteiger partial charge in [0.05, 0.1) is 0 Å². The highest BCUT2D eigenvalue weighted by Gasteiger charge is 2.21. The normalized spacial score (nSPS) is 10.2. The Bertz CT molecular complexity index is 885. The van der Waals surface area contributed by atoms with Crippen LogP contribution in [0.1, 0.15) is 46.9 Å². The Labute approximate surface area is 147 Å². The Morgan fingerprint density at radius 3 is 2.36 bits per heavy atom. The topological polar surface area (TPSA) is 59.3 Å². The van der Waals surface area contributed by atoms with Crippen LogP contribution in [-0.4, -0.2) is 5.91 Å². The fraction of sp³-hybridized carbons (Fsp3) is 0.238. The molecule has 0 spiro atoms. The first-order valence-corrected chi connectivity index (χ1v) is 8.15. The fourth-order valence-electron chi connectivity index (χ4n) is 2.72. The van der Waals surface area contributed by atoms with E-state index in [2.05, 4.69) is 11.9 Å². The average molecular weight is 337 g/mol. The summed E-state index contributed by atoms with van der Waals surface area (Å²) in [5, 5.41) is 2.87. The number of carbonyl (C=O) groups excluding carboxylic acids is 1. The predicted octanol–water partition coefficient (Wildman–Crippen LogP) is 4.17. The number of hydrogen-bond donors (Lipinski definition) is 1. The molecule has 0 aliphatic heterocycles. The van der Waals surface area contributed by atoms with Crippen molar-refractivity contribution in [3.63, 3.8) is 0 Å². The molecule has 2 rings (SSSR count). The highest BCUT2D eigenvalue weighted by molar-refractivity contribution is 6.00. The summed E-state index contributed by atoms with van der Waals surface area (Å²) in [6.45, 7) is 10.8. The van der Waals surface area contributed by atoms with Crippen molar-refractivity contribution < 1.29 is 9.21 Å². The molecule has 0 saturated heterocycles. The number of benzene rings is 1. The van der Waals surface area contributed by atoms with Gasteiger partial charge in [0.2, 0.25) is 5.43 Å².